The lowest BCUT2D eigenvalue weighted by Crippen LogP contribution is -2.10. The highest BCUT2D eigenvalue weighted by molar-refractivity contribution is 5.92. The van der Waals surface area contributed by atoms with Gasteiger partial charge in [0.15, 0.2) is 0 Å². The molecule has 3 rings (SSSR count). The van der Waals surface area contributed by atoms with Crippen molar-refractivity contribution in [2.24, 2.45) is 0 Å². The average molecular weight is 436 g/mol. The second-order valence-electron chi connectivity index (χ2n) is 6.55. The number of hydrogen-bond donors (Lipinski definition) is 0. The Labute approximate surface area is 186 Å². The summed E-state index contributed by atoms with van der Waals surface area (Å²) in [6, 6.07) is 13.7. The first kappa shape index (κ1) is 22.7. The summed E-state index contributed by atoms with van der Waals surface area (Å²) in [4.78, 5) is 32.8. The van der Waals surface area contributed by atoms with Gasteiger partial charge in [-0.05, 0) is 49.2 Å². The normalized spacial score (nSPS) is 10.3. The van der Waals surface area contributed by atoms with Gasteiger partial charge in [0.1, 0.15) is 24.3 Å². The summed E-state index contributed by atoms with van der Waals surface area (Å²) in [7, 11) is 0. The number of nitrogens with zero attached hydrogens (tertiary/aromatic N) is 2. The summed E-state index contributed by atoms with van der Waals surface area (Å²) in [6.07, 6.45) is 3.11. The minimum atomic E-state index is -0.513. The van der Waals surface area contributed by atoms with Gasteiger partial charge in [0.25, 0.3) is 0 Å². The summed E-state index contributed by atoms with van der Waals surface area (Å²) in [5.41, 5.74) is 2.14. The molecule has 0 aliphatic carbocycles. The van der Waals surface area contributed by atoms with Crippen molar-refractivity contribution in [2.45, 2.75) is 27.1 Å². The zero-order valence-corrected chi connectivity index (χ0v) is 17.9. The maximum Gasteiger partial charge on any atom is 0.343 e. The van der Waals surface area contributed by atoms with Crippen LogP contribution in [0.15, 0.2) is 60.9 Å². The zero-order chi connectivity index (χ0) is 22.8. The van der Waals surface area contributed by atoms with E-state index in [-0.39, 0.29) is 36.1 Å². The van der Waals surface area contributed by atoms with Crippen LogP contribution in [-0.4, -0.2) is 35.1 Å². The van der Waals surface area contributed by atoms with E-state index in [1.165, 1.54) is 0 Å². The number of rotatable bonds is 10. The molecule has 166 valence electrons. The van der Waals surface area contributed by atoms with E-state index in [1.54, 1.807) is 60.9 Å². The predicted octanol–water partition coefficient (Wildman–Crippen LogP) is 3.99. The van der Waals surface area contributed by atoms with E-state index in [1.807, 2.05) is 13.8 Å². The van der Waals surface area contributed by atoms with E-state index in [4.69, 9.17) is 18.9 Å². The van der Waals surface area contributed by atoms with Gasteiger partial charge < -0.3 is 18.9 Å². The quantitative estimate of drug-likeness (QED) is 0.440. The molecule has 0 bridgehead atoms. The summed E-state index contributed by atoms with van der Waals surface area (Å²) in [5.74, 6) is -0.529. The molecule has 0 N–H and O–H groups in total. The fourth-order valence-electron chi connectivity index (χ4n) is 2.78. The Morgan fingerprint density at radius 2 is 1.09 bits per heavy atom. The largest absolute Gasteiger partial charge is 0.477 e. The SMILES string of the molecule is CCOc1ncccc1C(=O)OCc1ccc(COC(=O)c2cccnc2OCC)cc1. The number of esters is 2. The minimum absolute atomic E-state index is 0.0900. The van der Waals surface area contributed by atoms with Gasteiger partial charge in [-0.1, -0.05) is 24.3 Å². The molecule has 0 atom stereocenters. The van der Waals surface area contributed by atoms with Crippen molar-refractivity contribution in [1.29, 1.82) is 0 Å². The molecule has 8 nitrogen and oxygen atoms in total. The van der Waals surface area contributed by atoms with Gasteiger partial charge in [-0.25, -0.2) is 19.6 Å². The van der Waals surface area contributed by atoms with Crippen LogP contribution >= 0.6 is 0 Å². The number of carbonyl (C=O) groups excluding carboxylic acids is 2. The molecule has 0 aliphatic heterocycles. The first-order valence-electron chi connectivity index (χ1n) is 10.2. The number of carbonyl (C=O) groups is 2. The zero-order valence-electron chi connectivity index (χ0n) is 17.9. The lowest BCUT2D eigenvalue weighted by Gasteiger charge is -2.10. The highest BCUT2D eigenvalue weighted by Crippen LogP contribution is 2.18. The first-order chi connectivity index (χ1) is 15.6. The smallest absolute Gasteiger partial charge is 0.343 e. The van der Waals surface area contributed by atoms with Crippen molar-refractivity contribution in [3.05, 3.63) is 83.2 Å². The molecule has 0 aliphatic rings. The Morgan fingerprint density at radius 3 is 1.47 bits per heavy atom. The molecular formula is C24H24N2O6. The van der Waals surface area contributed by atoms with Crippen molar-refractivity contribution in [3.8, 4) is 11.8 Å². The van der Waals surface area contributed by atoms with E-state index in [9.17, 15) is 9.59 Å². The van der Waals surface area contributed by atoms with E-state index >= 15 is 0 Å². The highest BCUT2D eigenvalue weighted by atomic mass is 16.5. The minimum Gasteiger partial charge on any atom is -0.477 e. The Morgan fingerprint density at radius 1 is 0.688 bits per heavy atom. The van der Waals surface area contributed by atoms with Crippen LogP contribution in [0.3, 0.4) is 0 Å². The molecule has 0 saturated carbocycles. The van der Waals surface area contributed by atoms with Gasteiger partial charge in [-0.15, -0.1) is 0 Å². The molecule has 3 aromatic rings. The van der Waals surface area contributed by atoms with Crippen LogP contribution in [0.2, 0.25) is 0 Å². The van der Waals surface area contributed by atoms with Gasteiger partial charge in [0.05, 0.1) is 13.2 Å². The van der Waals surface area contributed by atoms with Crippen LogP contribution in [0.4, 0.5) is 0 Å². The highest BCUT2D eigenvalue weighted by Gasteiger charge is 2.16. The summed E-state index contributed by atoms with van der Waals surface area (Å²) < 4.78 is 21.5. The van der Waals surface area contributed by atoms with E-state index in [2.05, 4.69) is 9.97 Å². The maximum atomic E-state index is 12.4. The van der Waals surface area contributed by atoms with Crippen LogP contribution in [0, 0.1) is 0 Å². The number of pyridine rings is 2. The van der Waals surface area contributed by atoms with Gasteiger partial charge >= 0.3 is 11.9 Å². The van der Waals surface area contributed by atoms with Gasteiger partial charge in [0, 0.05) is 12.4 Å². The number of hydrogen-bond acceptors (Lipinski definition) is 8. The summed E-state index contributed by atoms with van der Waals surface area (Å²) in [5, 5.41) is 0. The van der Waals surface area contributed by atoms with Crippen LogP contribution in [-0.2, 0) is 22.7 Å². The van der Waals surface area contributed by atoms with Crippen molar-refractivity contribution in [1.82, 2.24) is 9.97 Å². The van der Waals surface area contributed by atoms with E-state index < -0.39 is 11.9 Å². The Hall–Kier alpha value is -3.94. The van der Waals surface area contributed by atoms with Crippen LogP contribution in [0.5, 0.6) is 11.8 Å². The lowest BCUT2D eigenvalue weighted by molar-refractivity contribution is 0.0454. The third kappa shape index (κ3) is 6.04. The van der Waals surface area contributed by atoms with Gasteiger partial charge in [0.2, 0.25) is 11.8 Å². The number of ether oxygens (including phenoxy) is 4. The molecular weight excluding hydrogens is 412 g/mol. The van der Waals surface area contributed by atoms with Gasteiger partial charge in [-0.3, -0.25) is 0 Å². The fraction of sp³-hybridized carbons (Fsp3) is 0.250. The third-order valence-corrected chi connectivity index (χ3v) is 4.31. The molecule has 0 fully saturated rings. The van der Waals surface area contributed by atoms with Crippen molar-refractivity contribution < 1.29 is 28.5 Å². The first-order valence-corrected chi connectivity index (χ1v) is 10.2. The third-order valence-electron chi connectivity index (χ3n) is 4.31. The molecule has 0 amide bonds. The lowest BCUT2D eigenvalue weighted by atomic mass is 10.1. The average Bonchev–Trinajstić information content (AvgIpc) is 2.83. The van der Waals surface area contributed by atoms with E-state index in [0.717, 1.165) is 11.1 Å². The molecule has 0 spiro atoms. The van der Waals surface area contributed by atoms with Crippen molar-refractivity contribution >= 4 is 11.9 Å². The Balaban J connectivity index is 1.53. The Kier molecular flexibility index (Phi) is 8.14. The molecule has 32 heavy (non-hydrogen) atoms. The standard InChI is InChI=1S/C24H24N2O6/c1-3-29-21-19(7-5-13-25-21)23(27)31-15-17-9-11-18(12-10-17)16-32-24(28)20-8-6-14-26-22(20)30-4-2/h5-14H,3-4,15-16H2,1-2H3. The van der Waals surface area contributed by atoms with Crippen molar-refractivity contribution in [3.63, 3.8) is 0 Å². The molecule has 2 aromatic heterocycles. The van der Waals surface area contributed by atoms with Crippen LogP contribution < -0.4 is 9.47 Å². The molecule has 0 radical (unpaired) electrons. The monoisotopic (exact) mass is 436 g/mol. The predicted molar refractivity (Wildman–Crippen MR) is 115 cm³/mol. The van der Waals surface area contributed by atoms with Crippen LogP contribution in [0.25, 0.3) is 0 Å². The molecule has 0 saturated heterocycles. The Bertz CT molecular complexity index is 968. The summed E-state index contributed by atoms with van der Waals surface area (Å²) in [6.45, 7) is 4.61. The molecule has 0 unspecified atom stereocenters. The number of aromatic nitrogens is 2. The summed E-state index contributed by atoms with van der Waals surface area (Å²) >= 11 is 0. The number of benzene rings is 1. The van der Waals surface area contributed by atoms with Crippen molar-refractivity contribution in [2.75, 3.05) is 13.2 Å². The topological polar surface area (TPSA) is 96.8 Å². The van der Waals surface area contributed by atoms with E-state index in [0.29, 0.717) is 13.2 Å². The molecule has 8 heteroatoms. The second-order valence-corrected chi connectivity index (χ2v) is 6.55. The second kappa shape index (κ2) is 11.5. The van der Waals surface area contributed by atoms with Crippen LogP contribution in [0.1, 0.15) is 45.7 Å². The van der Waals surface area contributed by atoms with Gasteiger partial charge in [-0.2, -0.15) is 0 Å². The molecule has 2 heterocycles. The fourth-order valence-corrected chi connectivity index (χ4v) is 2.78. The maximum absolute atomic E-state index is 12.4. The molecule has 1 aromatic carbocycles.